The lowest BCUT2D eigenvalue weighted by Gasteiger charge is -2.11. The fraction of sp³-hybridized carbons (Fsp3) is 0.318. The monoisotopic (exact) mass is 448 g/mol. The summed E-state index contributed by atoms with van der Waals surface area (Å²) in [6.07, 6.45) is 7.30. The number of hydrogen-bond acceptors (Lipinski definition) is 4. The first kappa shape index (κ1) is 23.8. The van der Waals surface area contributed by atoms with E-state index < -0.39 is 15.8 Å². The summed E-state index contributed by atoms with van der Waals surface area (Å²) in [5.74, 6) is 2.08. The van der Waals surface area contributed by atoms with Gasteiger partial charge in [0.15, 0.2) is 0 Å². The number of halogens is 1. The number of sulfonamides is 1. The summed E-state index contributed by atoms with van der Waals surface area (Å²) >= 11 is 1.42. The van der Waals surface area contributed by atoms with Crippen LogP contribution in [-0.4, -0.2) is 26.3 Å². The second-order valence-corrected chi connectivity index (χ2v) is 10.1. The molecule has 5 nitrogen and oxygen atoms in total. The summed E-state index contributed by atoms with van der Waals surface area (Å²) in [4.78, 5) is 13.1. The van der Waals surface area contributed by atoms with Crippen LogP contribution in [0.1, 0.15) is 30.5 Å². The van der Waals surface area contributed by atoms with Gasteiger partial charge < -0.3 is 5.32 Å². The largest absolute Gasteiger partial charge is 0.351 e. The van der Waals surface area contributed by atoms with Gasteiger partial charge in [-0.1, -0.05) is 31.9 Å². The third-order valence-electron chi connectivity index (χ3n) is 4.02. The van der Waals surface area contributed by atoms with Gasteiger partial charge in [0.25, 0.3) is 0 Å². The minimum atomic E-state index is -3.67. The van der Waals surface area contributed by atoms with E-state index in [0.717, 1.165) is 23.6 Å². The third kappa shape index (κ3) is 7.73. The molecule has 2 N–H and O–H groups in total. The molecule has 0 aromatic heterocycles. The van der Waals surface area contributed by atoms with Crippen LogP contribution in [0.2, 0.25) is 0 Å². The molecule has 0 unspecified atom stereocenters. The van der Waals surface area contributed by atoms with E-state index in [1.807, 2.05) is 12.1 Å². The molecule has 0 aliphatic carbocycles. The molecule has 0 heterocycles. The van der Waals surface area contributed by atoms with Gasteiger partial charge in [-0.2, -0.15) is 0 Å². The minimum Gasteiger partial charge on any atom is -0.351 e. The number of carbonyl (C=O) groups excluding carboxylic acids is 1. The molecule has 0 spiro atoms. The standard InChI is InChI=1S/C22H25FN2O3S2/c1-5-18-11-17(12-20(23)22(18)25-30(4,27)28)13-24-21(26)14-29-19-8-6-16(7-9-19)10-15(2)3/h1,6-9,11-12,15,25H,10,13-14H2,2-4H3,(H,24,26). The van der Waals surface area contributed by atoms with Gasteiger partial charge in [-0.25, -0.2) is 12.8 Å². The SMILES string of the molecule is C#Cc1cc(CNC(=O)CSc2ccc(CC(C)C)cc2)cc(F)c1NS(C)(=O)=O. The Hall–Kier alpha value is -2.50. The summed E-state index contributed by atoms with van der Waals surface area (Å²) in [7, 11) is -3.67. The van der Waals surface area contributed by atoms with Gasteiger partial charge in [-0.15, -0.1) is 18.2 Å². The van der Waals surface area contributed by atoms with Gasteiger partial charge in [0.1, 0.15) is 5.82 Å². The van der Waals surface area contributed by atoms with E-state index >= 15 is 0 Å². The molecular formula is C22H25FN2O3S2. The van der Waals surface area contributed by atoms with E-state index in [2.05, 4.69) is 41.9 Å². The summed E-state index contributed by atoms with van der Waals surface area (Å²) in [6.45, 7) is 4.42. The van der Waals surface area contributed by atoms with Crippen molar-refractivity contribution in [1.29, 1.82) is 0 Å². The zero-order valence-corrected chi connectivity index (χ0v) is 18.8. The molecule has 0 saturated carbocycles. The van der Waals surface area contributed by atoms with Crippen LogP contribution in [-0.2, 0) is 27.8 Å². The van der Waals surface area contributed by atoms with Gasteiger partial charge in [-0.3, -0.25) is 9.52 Å². The molecule has 8 heteroatoms. The zero-order chi connectivity index (χ0) is 22.3. The van der Waals surface area contributed by atoms with Crippen LogP contribution in [0.3, 0.4) is 0 Å². The number of thioether (sulfide) groups is 1. The van der Waals surface area contributed by atoms with Crippen molar-refractivity contribution in [3.05, 3.63) is 58.9 Å². The molecule has 0 fully saturated rings. The summed E-state index contributed by atoms with van der Waals surface area (Å²) < 4.78 is 39.1. The van der Waals surface area contributed by atoms with E-state index in [0.29, 0.717) is 11.5 Å². The van der Waals surface area contributed by atoms with Crippen molar-refractivity contribution in [2.75, 3.05) is 16.7 Å². The van der Waals surface area contributed by atoms with Gasteiger partial charge in [0.05, 0.1) is 23.3 Å². The molecule has 0 bridgehead atoms. The summed E-state index contributed by atoms with van der Waals surface area (Å²) in [6, 6.07) is 10.7. The molecule has 0 radical (unpaired) electrons. The lowest BCUT2D eigenvalue weighted by Crippen LogP contribution is -2.24. The zero-order valence-electron chi connectivity index (χ0n) is 17.2. The van der Waals surface area contributed by atoms with Crippen molar-refractivity contribution in [2.45, 2.75) is 31.7 Å². The average Bonchev–Trinajstić information content (AvgIpc) is 2.66. The van der Waals surface area contributed by atoms with Crippen molar-refractivity contribution in [1.82, 2.24) is 5.32 Å². The van der Waals surface area contributed by atoms with Crippen LogP contribution < -0.4 is 10.0 Å². The van der Waals surface area contributed by atoms with E-state index in [4.69, 9.17) is 6.42 Å². The summed E-state index contributed by atoms with van der Waals surface area (Å²) in [5, 5.41) is 2.72. The topological polar surface area (TPSA) is 75.3 Å². The molecule has 2 aromatic carbocycles. The maximum Gasteiger partial charge on any atom is 0.230 e. The van der Waals surface area contributed by atoms with E-state index in [-0.39, 0.29) is 29.5 Å². The second-order valence-electron chi connectivity index (χ2n) is 7.33. The quantitative estimate of drug-likeness (QED) is 0.452. The van der Waals surface area contributed by atoms with E-state index in [1.54, 1.807) is 0 Å². The van der Waals surface area contributed by atoms with Crippen LogP contribution in [0, 0.1) is 24.1 Å². The number of amides is 1. The maximum atomic E-state index is 14.3. The minimum absolute atomic E-state index is 0.0699. The van der Waals surface area contributed by atoms with Gasteiger partial charge in [0.2, 0.25) is 15.9 Å². The molecular weight excluding hydrogens is 423 g/mol. The normalized spacial score (nSPS) is 11.2. The number of hydrogen-bond donors (Lipinski definition) is 2. The summed E-state index contributed by atoms with van der Waals surface area (Å²) in [5.41, 5.74) is 1.50. The Morgan fingerprint density at radius 3 is 2.43 bits per heavy atom. The second kappa shape index (κ2) is 10.5. The van der Waals surface area contributed by atoms with Crippen molar-refractivity contribution < 1.29 is 17.6 Å². The predicted octanol–water partition coefficient (Wildman–Crippen LogP) is 3.79. The molecule has 0 aliphatic rings. The molecule has 30 heavy (non-hydrogen) atoms. The first-order valence-electron chi connectivity index (χ1n) is 9.32. The molecule has 2 aromatic rings. The molecule has 0 atom stereocenters. The van der Waals surface area contributed by atoms with E-state index in [1.165, 1.54) is 23.4 Å². The number of carbonyl (C=O) groups is 1. The first-order valence-corrected chi connectivity index (χ1v) is 12.2. The molecule has 0 saturated heterocycles. The highest BCUT2D eigenvalue weighted by atomic mass is 32.2. The van der Waals surface area contributed by atoms with Crippen LogP contribution in [0.15, 0.2) is 41.3 Å². The Bertz CT molecular complexity index is 1040. The molecule has 0 aliphatic heterocycles. The van der Waals surface area contributed by atoms with Gasteiger partial charge in [0, 0.05) is 11.4 Å². The lowest BCUT2D eigenvalue weighted by atomic mass is 10.0. The van der Waals surface area contributed by atoms with Gasteiger partial charge >= 0.3 is 0 Å². The molecule has 1 amide bonds. The van der Waals surface area contributed by atoms with Crippen molar-refractivity contribution in [2.24, 2.45) is 5.92 Å². The Balaban J connectivity index is 1.93. The lowest BCUT2D eigenvalue weighted by molar-refractivity contribution is -0.118. The van der Waals surface area contributed by atoms with Crippen LogP contribution in [0.5, 0.6) is 0 Å². The van der Waals surface area contributed by atoms with Crippen LogP contribution in [0.25, 0.3) is 0 Å². The average molecular weight is 449 g/mol. The number of rotatable bonds is 9. The van der Waals surface area contributed by atoms with Crippen molar-refractivity contribution in [3.8, 4) is 12.3 Å². The number of anilines is 1. The van der Waals surface area contributed by atoms with Crippen LogP contribution in [0.4, 0.5) is 10.1 Å². The Kier molecular flexibility index (Phi) is 8.33. The number of terminal acetylenes is 1. The Labute approximate surface area is 181 Å². The smallest absolute Gasteiger partial charge is 0.230 e. The maximum absolute atomic E-state index is 14.3. The Morgan fingerprint density at radius 2 is 1.87 bits per heavy atom. The molecule has 160 valence electrons. The fourth-order valence-electron chi connectivity index (χ4n) is 2.76. The highest BCUT2D eigenvalue weighted by molar-refractivity contribution is 8.00. The third-order valence-corrected chi connectivity index (χ3v) is 5.61. The van der Waals surface area contributed by atoms with Crippen molar-refractivity contribution >= 4 is 33.4 Å². The fourth-order valence-corrected chi connectivity index (χ4v) is 4.07. The predicted molar refractivity (Wildman–Crippen MR) is 120 cm³/mol. The highest BCUT2D eigenvalue weighted by Crippen LogP contribution is 2.23. The van der Waals surface area contributed by atoms with Crippen molar-refractivity contribution in [3.63, 3.8) is 0 Å². The number of benzene rings is 2. The number of nitrogens with one attached hydrogen (secondary N) is 2. The Morgan fingerprint density at radius 1 is 1.20 bits per heavy atom. The highest BCUT2D eigenvalue weighted by Gasteiger charge is 2.14. The van der Waals surface area contributed by atoms with Gasteiger partial charge in [-0.05, 0) is 47.7 Å². The molecule has 2 rings (SSSR count). The first-order chi connectivity index (χ1) is 14.1. The van der Waals surface area contributed by atoms with Crippen LogP contribution >= 0.6 is 11.8 Å². The van der Waals surface area contributed by atoms with E-state index in [9.17, 15) is 17.6 Å².